The first-order valence-corrected chi connectivity index (χ1v) is 8.57. The van der Waals surface area contributed by atoms with Gasteiger partial charge in [-0.05, 0) is 32.8 Å². The van der Waals surface area contributed by atoms with E-state index in [1.807, 2.05) is 45.9 Å². The first-order valence-electron chi connectivity index (χ1n) is 8.57. The second kappa shape index (κ2) is 6.11. The molecule has 0 unspecified atom stereocenters. The van der Waals surface area contributed by atoms with Crippen LogP contribution in [0.3, 0.4) is 0 Å². The van der Waals surface area contributed by atoms with E-state index in [1.165, 1.54) is 5.56 Å². The second-order valence-corrected chi connectivity index (χ2v) is 7.60. The van der Waals surface area contributed by atoms with Crippen molar-refractivity contribution in [2.45, 2.75) is 57.8 Å². The summed E-state index contributed by atoms with van der Waals surface area (Å²) in [5.74, 6) is 0.113. The SMILES string of the molecule is CC[C@H](NC(=O)OC(C)(C)C)[C@H]1OC(=O)[C@@H]2[C@H](c3ccccc3)[C@H]12. The number of carbonyl (C=O) groups is 2. The van der Waals surface area contributed by atoms with Gasteiger partial charge < -0.3 is 14.8 Å². The number of nitrogens with one attached hydrogen (secondary N) is 1. The monoisotopic (exact) mass is 331 g/mol. The zero-order chi connectivity index (χ0) is 17.5. The van der Waals surface area contributed by atoms with E-state index >= 15 is 0 Å². The van der Waals surface area contributed by atoms with Gasteiger partial charge in [-0.1, -0.05) is 37.3 Å². The van der Waals surface area contributed by atoms with Gasteiger partial charge in [0.1, 0.15) is 11.7 Å². The molecule has 2 fully saturated rings. The molecule has 1 amide bonds. The summed E-state index contributed by atoms with van der Waals surface area (Å²) in [5, 5.41) is 2.88. The highest BCUT2D eigenvalue weighted by molar-refractivity contribution is 5.82. The Bertz CT molecular complexity index is 622. The predicted molar refractivity (Wildman–Crippen MR) is 89.5 cm³/mol. The Balaban J connectivity index is 1.69. The van der Waals surface area contributed by atoms with Gasteiger partial charge in [-0.25, -0.2) is 4.79 Å². The van der Waals surface area contributed by atoms with Crippen LogP contribution >= 0.6 is 0 Å². The van der Waals surface area contributed by atoms with Gasteiger partial charge in [0.15, 0.2) is 0 Å². The van der Waals surface area contributed by atoms with Gasteiger partial charge >= 0.3 is 12.1 Å². The minimum absolute atomic E-state index is 0.0770. The number of amides is 1. The summed E-state index contributed by atoms with van der Waals surface area (Å²) < 4.78 is 10.9. The molecular formula is C19H25NO4. The maximum Gasteiger partial charge on any atom is 0.408 e. The van der Waals surface area contributed by atoms with Gasteiger partial charge in [0, 0.05) is 11.8 Å². The molecule has 5 heteroatoms. The third-order valence-electron chi connectivity index (χ3n) is 4.70. The highest BCUT2D eigenvalue weighted by Crippen LogP contribution is 2.61. The predicted octanol–water partition coefficient (Wildman–Crippen LogP) is 3.24. The van der Waals surface area contributed by atoms with Gasteiger partial charge in [-0.15, -0.1) is 0 Å². The third kappa shape index (κ3) is 3.25. The highest BCUT2D eigenvalue weighted by atomic mass is 16.6. The molecule has 2 aliphatic rings. The third-order valence-corrected chi connectivity index (χ3v) is 4.70. The molecule has 1 saturated heterocycles. The number of cyclic esters (lactones) is 1. The van der Waals surface area contributed by atoms with Gasteiger partial charge in [0.25, 0.3) is 0 Å². The summed E-state index contributed by atoms with van der Waals surface area (Å²) in [6.45, 7) is 7.45. The second-order valence-electron chi connectivity index (χ2n) is 7.60. The minimum atomic E-state index is -0.552. The molecule has 5 nitrogen and oxygen atoms in total. The highest BCUT2D eigenvalue weighted by Gasteiger charge is 2.67. The van der Waals surface area contributed by atoms with E-state index in [0.29, 0.717) is 6.42 Å². The van der Waals surface area contributed by atoms with Crippen molar-refractivity contribution in [2.24, 2.45) is 11.8 Å². The zero-order valence-electron chi connectivity index (χ0n) is 14.6. The number of alkyl carbamates (subject to hydrolysis) is 1. The summed E-state index contributed by atoms with van der Waals surface area (Å²) in [6.07, 6.45) is -0.0713. The van der Waals surface area contributed by atoms with Crippen LogP contribution in [0.25, 0.3) is 0 Å². The van der Waals surface area contributed by atoms with Crippen LogP contribution in [0, 0.1) is 11.8 Å². The van der Waals surface area contributed by atoms with Crippen molar-refractivity contribution in [3.63, 3.8) is 0 Å². The quantitative estimate of drug-likeness (QED) is 0.860. The van der Waals surface area contributed by atoms with Gasteiger partial charge in [-0.2, -0.15) is 0 Å². The molecule has 1 saturated carbocycles. The van der Waals surface area contributed by atoms with E-state index in [2.05, 4.69) is 17.4 Å². The average Bonchev–Trinajstić information content (AvgIpc) is 3.16. The molecule has 0 bridgehead atoms. The van der Waals surface area contributed by atoms with Crippen LogP contribution in [0.1, 0.15) is 45.6 Å². The summed E-state index contributed by atoms with van der Waals surface area (Å²) in [6, 6.07) is 9.81. The molecule has 3 rings (SSSR count). The Morgan fingerprint density at radius 1 is 1.25 bits per heavy atom. The molecular weight excluding hydrogens is 306 g/mol. The molecule has 1 heterocycles. The Morgan fingerprint density at radius 3 is 2.50 bits per heavy atom. The smallest absolute Gasteiger partial charge is 0.408 e. The molecule has 0 radical (unpaired) electrons. The van der Waals surface area contributed by atoms with Crippen molar-refractivity contribution in [1.29, 1.82) is 0 Å². The maximum absolute atomic E-state index is 12.2. The van der Waals surface area contributed by atoms with E-state index in [-0.39, 0.29) is 35.9 Å². The van der Waals surface area contributed by atoms with Gasteiger partial charge in [0.05, 0.1) is 12.0 Å². The van der Waals surface area contributed by atoms with Crippen LogP contribution < -0.4 is 5.32 Å². The van der Waals surface area contributed by atoms with E-state index in [9.17, 15) is 9.59 Å². The van der Waals surface area contributed by atoms with Crippen LogP contribution in [-0.4, -0.2) is 29.8 Å². The zero-order valence-corrected chi connectivity index (χ0v) is 14.6. The lowest BCUT2D eigenvalue weighted by Crippen LogP contribution is -2.46. The molecule has 1 aromatic carbocycles. The summed E-state index contributed by atoms with van der Waals surface area (Å²) in [5.41, 5.74) is 0.616. The summed E-state index contributed by atoms with van der Waals surface area (Å²) in [4.78, 5) is 24.2. The van der Waals surface area contributed by atoms with E-state index in [0.717, 1.165) is 0 Å². The molecule has 1 aliphatic carbocycles. The van der Waals surface area contributed by atoms with Crippen molar-refractivity contribution < 1.29 is 19.1 Å². The van der Waals surface area contributed by atoms with Crippen LogP contribution in [-0.2, 0) is 14.3 Å². The molecule has 1 N–H and O–H groups in total. The van der Waals surface area contributed by atoms with Crippen molar-refractivity contribution in [3.05, 3.63) is 35.9 Å². The molecule has 1 aliphatic heterocycles. The van der Waals surface area contributed by atoms with Crippen LogP contribution in [0.2, 0.25) is 0 Å². The number of carbonyl (C=O) groups excluding carboxylic acids is 2. The number of benzene rings is 1. The fourth-order valence-electron chi connectivity index (χ4n) is 3.67. The number of ether oxygens (including phenoxy) is 2. The number of esters is 1. The first-order chi connectivity index (χ1) is 11.3. The maximum atomic E-state index is 12.2. The molecule has 1 aromatic rings. The Hall–Kier alpha value is -2.04. The number of hydrogen-bond acceptors (Lipinski definition) is 4. The Morgan fingerprint density at radius 2 is 1.92 bits per heavy atom. The molecule has 130 valence electrons. The topological polar surface area (TPSA) is 64.6 Å². The molecule has 0 spiro atoms. The Labute approximate surface area is 142 Å². The largest absolute Gasteiger partial charge is 0.460 e. The standard InChI is InChI=1S/C19H25NO4/c1-5-12(20-18(22)24-19(2,3)4)16-14-13(15(14)17(21)23-16)11-9-7-6-8-10-11/h6-10,12-16H,5H2,1-4H3,(H,20,22)/t12-,13+,14-,15+,16+/m0/s1. The summed E-state index contributed by atoms with van der Waals surface area (Å²) in [7, 11) is 0. The number of hydrogen-bond donors (Lipinski definition) is 1. The summed E-state index contributed by atoms with van der Waals surface area (Å²) >= 11 is 0. The van der Waals surface area contributed by atoms with E-state index < -0.39 is 11.7 Å². The number of rotatable bonds is 4. The van der Waals surface area contributed by atoms with Crippen LogP contribution in [0.5, 0.6) is 0 Å². The fraction of sp³-hybridized carbons (Fsp3) is 0.579. The van der Waals surface area contributed by atoms with Crippen LogP contribution in [0.15, 0.2) is 30.3 Å². The van der Waals surface area contributed by atoms with Crippen molar-refractivity contribution >= 4 is 12.1 Å². The van der Waals surface area contributed by atoms with E-state index in [4.69, 9.17) is 9.47 Å². The van der Waals surface area contributed by atoms with Crippen LogP contribution in [0.4, 0.5) is 4.79 Å². The average molecular weight is 331 g/mol. The van der Waals surface area contributed by atoms with E-state index in [1.54, 1.807) is 0 Å². The molecule has 0 aromatic heterocycles. The lowest BCUT2D eigenvalue weighted by atomic mass is 10.00. The van der Waals surface area contributed by atoms with Gasteiger partial charge in [0.2, 0.25) is 0 Å². The lowest BCUT2D eigenvalue weighted by Gasteiger charge is -2.27. The minimum Gasteiger partial charge on any atom is -0.460 e. The molecule has 5 atom stereocenters. The first kappa shape index (κ1) is 16.8. The Kier molecular flexibility index (Phi) is 4.28. The molecule has 24 heavy (non-hydrogen) atoms. The normalized spacial score (nSPS) is 29.4. The fourth-order valence-corrected chi connectivity index (χ4v) is 3.67. The number of fused-ring (bicyclic) bond motifs is 1. The van der Waals surface area contributed by atoms with Crippen molar-refractivity contribution in [2.75, 3.05) is 0 Å². The lowest BCUT2D eigenvalue weighted by molar-refractivity contribution is -0.146. The van der Waals surface area contributed by atoms with Crippen molar-refractivity contribution in [3.8, 4) is 0 Å². The van der Waals surface area contributed by atoms with Crippen molar-refractivity contribution in [1.82, 2.24) is 5.32 Å². The van der Waals surface area contributed by atoms with Gasteiger partial charge in [-0.3, -0.25) is 4.79 Å².